The molecule has 1 heterocycles. The molecule has 0 unspecified atom stereocenters. The van der Waals surface area contributed by atoms with E-state index < -0.39 is 13.6 Å². The maximum Gasteiger partial charge on any atom is 0.338 e. The molecule has 9 nitrogen and oxygen atoms in total. The Balaban J connectivity index is 2.30. The predicted octanol–water partition coefficient (Wildman–Crippen LogP) is 6.41. The lowest BCUT2D eigenvalue weighted by Crippen LogP contribution is -2.07. The number of carboxylic acids is 1. The number of aromatic carboxylic acids is 1. The molecular formula is C22H21BrClN2O7PS. The van der Waals surface area contributed by atoms with E-state index in [-0.39, 0.29) is 38.6 Å². The number of benzene rings is 2. The number of carboxylic acid groups (broad SMARTS) is 1. The highest BCUT2D eigenvalue weighted by Gasteiger charge is 2.30. The van der Waals surface area contributed by atoms with Gasteiger partial charge in [0.15, 0.2) is 5.16 Å². The number of methoxy groups -OCH3 is 2. The third-order valence-electron chi connectivity index (χ3n) is 4.90. The smallest absolute Gasteiger partial charge is 0.338 e. The topological polar surface area (TPSA) is 117 Å². The van der Waals surface area contributed by atoms with E-state index in [2.05, 4.69) is 25.9 Å². The highest BCUT2D eigenvalue weighted by molar-refractivity contribution is 9.10. The lowest BCUT2D eigenvalue weighted by Gasteiger charge is -2.21. The number of carbonyl (C=O) groups is 1. The Morgan fingerprint density at radius 1 is 1.06 bits per heavy atom. The van der Waals surface area contributed by atoms with Crippen molar-refractivity contribution in [1.29, 1.82) is 0 Å². The van der Waals surface area contributed by atoms with Crippen LogP contribution >= 0.6 is 46.9 Å². The van der Waals surface area contributed by atoms with Crippen LogP contribution in [0.3, 0.4) is 0 Å². The van der Waals surface area contributed by atoms with E-state index >= 15 is 0 Å². The van der Waals surface area contributed by atoms with Crippen molar-refractivity contribution >= 4 is 52.9 Å². The van der Waals surface area contributed by atoms with Gasteiger partial charge in [0.25, 0.3) is 0 Å². The summed E-state index contributed by atoms with van der Waals surface area (Å²) in [5.41, 5.74) is 1.34. The summed E-state index contributed by atoms with van der Waals surface area (Å²) in [5, 5.41) is 10.1. The zero-order chi connectivity index (χ0) is 25.8. The Kier molecular flexibility index (Phi) is 9.20. The van der Waals surface area contributed by atoms with E-state index in [0.717, 1.165) is 16.2 Å². The van der Waals surface area contributed by atoms with Crippen LogP contribution in [0.15, 0.2) is 50.9 Å². The molecule has 0 atom stereocenters. The van der Waals surface area contributed by atoms with Crippen LogP contribution in [-0.4, -0.2) is 49.5 Å². The van der Waals surface area contributed by atoms with Gasteiger partial charge in [-0.25, -0.2) is 4.79 Å². The third-order valence-corrected chi connectivity index (χ3v) is 8.73. The average Bonchev–Trinajstić information content (AvgIpc) is 2.85. The molecule has 3 rings (SSSR count). The van der Waals surface area contributed by atoms with Crippen LogP contribution in [0.1, 0.15) is 15.9 Å². The standard InChI is InChI=1S/C22H21BrClN2O7PS/c1-30-17-10-18(31-2)26-22(25-17)35-16-9-13(12-7-5-6-8-15(12)23)14(11-34(29,32-3)33-4)20(24)19(16)21(27)28/h5-10H,11H2,1-4H3,(H,27,28). The first-order valence-corrected chi connectivity index (χ1v) is 13.6. The van der Waals surface area contributed by atoms with Gasteiger partial charge in [0.05, 0.1) is 37.0 Å². The van der Waals surface area contributed by atoms with Crippen molar-refractivity contribution in [3.63, 3.8) is 0 Å². The Labute approximate surface area is 219 Å². The molecule has 0 fully saturated rings. The average molecular weight is 604 g/mol. The molecule has 0 radical (unpaired) electrons. The van der Waals surface area contributed by atoms with Gasteiger partial charge in [0.2, 0.25) is 11.8 Å². The fraction of sp³-hybridized carbons (Fsp3) is 0.227. The van der Waals surface area contributed by atoms with E-state index in [4.69, 9.17) is 30.1 Å². The molecule has 0 aliphatic carbocycles. The maximum atomic E-state index is 13.0. The van der Waals surface area contributed by atoms with Crippen LogP contribution in [0.25, 0.3) is 11.1 Å². The molecule has 13 heteroatoms. The molecule has 35 heavy (non-hydrogen) atoms. The first-order valence-electron chi connectivity index (χ1n) is 9.85. The van der Waals surface area contributed by atoms with Crippen molar-refractivity contribution in [3.8, 4) is 22.9 Å². The summed E-state index contributed by atoms with van der Waals surface area (Å²) < 4.78 is 34.3. The molecule has 186 valence electrons. The minimum atomic E-state index is -3.60. The van der Waals surface area contributed by atoms with Crippen LogP contribution in [0, 0.1) is 0 Å². The minimum Gasteiger partial charge on any atom is -0.481 e. The monoisotopic (exact) mass is 602 g/mol. The Bertz CT molecular complexity index is 1280. The largest absolute Gasteiger partial charge is 0.481 e. The summed E-state index contributed by atoms with van der Waals surface area (Å²) in [7, 11) is 1.80. The van der Waals surface area contributed by atoms with Crippen molar-refractivity contribution in [1.82, 2.24) is 9.97 Å². The number of ether oxygens (including phenoxy) is 2. The van der Waals surface area contributed by atoms with E-state index in [1.807, 2.05) is 24.3 Å². The van der Waals surface area contributed by atoms with Crippen molar-refractivity contribution in [3.05, 3.63) is 57.0 Å². The number of nitrogens with zero attached hydrogens (tertiary/aromatic N) is 2. The van der Waals surface area contributed by atoms with Crippen LogP contribution < -0.4 is 9.47 Å². The SMILES string of the molecule is COc1cc(OC)nc(Sc2cc(-c3ccccc3Br)c(CP(=O)(OC)OC)c(Cl)c2C(=O)O)n1. The molecule has 1 aromatic heterocycles. The van der Waals surface area contributed by atoms with Crippen molar-refractivity contribution in [2.24, 2.45) is 0 Å². The number of aromatic nitrogens is 2. The summed E-state index contributed by atoms with van der Waals surface area (Å²) in [4.78, 5) is 21.1. The van der Waals surface area contributed by atoms with Crippen molar-refractivity contribution in [2.45, 2.75) is 16.2 Å². The molecule has 0 aliphatic rings. The van der Waals surface area contributed by atoms with Gasteiger partial charge in [-0.1, -0.05) is 45.7 Å². The normalized spacial score (nSPS) is 11.4. The van der Waals surface area contributed by atoms with Crippen LogP contribution in [0.5, 0.6) is 11.8 Å². The second kappa shape index (κ2) is 11.7. The zero-order valence-electron chi connectivity index (χ0n) is 19.1. The highest BCUT2D eigenvalue weighted by atomic mass is 79.9. The molecule has 2 aromatic carbocycles. The fourth-order valence-electron chi connectivity index (χ4n) is 3.16. The maximum absolute atomic E-state index is 13.0. The quantitative estimate of drug-likeness (QED) is 0.206. The number of rotatable bonds is 10. The molecule has 0 aliphatic heterocycles. The van der Waals surface area contributed by atoms with Crippen LogP contribution in [0.4, 0.5) is 0 Å². The minimum absolute atomic E-state index is 0.0996. The molecule has 0 amide bonds. The van der Waals surface area contributed by atoms with Gasteiger partial charge < -0.3 is 23.6 Å². The molecular weight excluding hydrogens is 583 g/mol. The lowest BCUT2D eigenvalue weighted by molar-refractivity contribution is 0.0693. The zero-order valence-corrected chi connectivity index (χ0v) is 23.1. The summed E-state index contributed by atoms with van der Waals surface area (Å²) >= 11 is 11.2. The predicted molar refractivity (Wildman–Crippen MR) is 136 cm³/mol. The molecule has 1 N–H and O–H groups in total. The van der Waals surface area contributed by atoms with Gasteiger partial charge in [-0.2, -0.15) is 9.97 Å². The first-order chi connectivity index (χ1) is 16.7. The molecule has 0 saturated carbocycles. The fourth-order valence-corrected chi connectivity index (χ4v) is 6.21. The van der Waals surface area contributed by atoms with Gasteiger partial charge >= 0.3 is 13.6 Å². The number of halogens is 2. The van der Waals surface area contributed by atoms with E-state index in [1.54, 1.807) is 6.07 Å². The molecule has 0 bridgehead atoms. The first kappa shape index (κ1) is 27.4. The van der Waals surface area contributed by atoms with Crippen molar-refractivity contribution in [2.75, 3.05) is 28.4 Å². The van der Waals surface area contributed by atoms with Crippen molar-refractivity contribution < 1.29 is 33.0 Å². The third kappa shape index (κ3) is 6.17. The van der Waals surface area contributed by atoms with Crippen LogP contribution in [0.2, 0.25) is 5.02 Å². The Morgan fingerprint density at radius 3 is 2.17 bits per heavy atom. The number of hydrogen-bond acceptors (Lipinski definition) is 9. The van der Waals surface area contributed by atoms with Crippen LogP contribution in [-0.2, 0) is 19.8 Å². The Morgan fingerprint density at radius 2 is 1.66 bits per heavy atom. The van der Waals surface area contributed by atoms with E-state index in [0.29, 0.717) is 16.7 Å². The van der Waals surface area contributed by atoms with Gasteiger partial charge in [0, 0.05) is 23.6 Å². The molecule has 0 saturated heterocycles. The molecule has 3 aromatic rings. The van der Waals surface area contributed by atoms with E-state index in [1.165, 1.54) is 34.5 Å². The van der Waals surface area contributed by atoms with Gasteiger partial charge in [-0.05, 0) is 40.6 Å². The highest BCUT2D eigenvalue weighted by Crippen LogP contribution is 2.54. The summed E-state index contributed by atoms with van der Waals surface area (Å²) in [6.45, 7) is 0. The van der Waals surface area contributed by atoms with Gasteiger partial charge in [0.1, 0.15) is 0 Å². The second-order valence-corrected chi connectivity index (χ2v) is 11.4. The van der Waals surface area contributed by atoms with E-state index in [9.17, 15) is 14.5 Å². The summed E-state index contributed by atoms with van der Waals surface area (Å²) in [6.07, 6.45) is -0.246. The van der Waals surface area contributed by atoms with Gasteiger partial charge in [-0.3, -0.25) is 4.57 Å². The number of hydrogen-bond donors (Lipinski definition) is 1. The summed E-state index contributed by atoms with van der Waals surface area (Å²) in [6, 6.07) is 10.4. The van der Waals surface area contributed by atoms with Gasteiger partial charge in [-0.15, -0.1) is 0 Å². The summed E-state index contributed by atoms with van der Waals surface area (Å²) in [5.74, 6) is -0.797. The Hall–Kier alpha value is -2.14. The lowest BCUT2D eigenvalue weighted by atomic mass is 9.98. The molecule has 0 spiro atoms. The second-order valence-electron chi connectivity index (χ2n) is 6.85.